The molecule has 0 aromatic heterocycles. The van der Waals surface area contributed by atoms with Gasteiger partial charge in [0.2, 0.25) is 0 Å². The molecule has 0 unspecified atom stereocenters. The summed E-state index contributed by atoms with van der Waals surface area (Å²) in [5.74, 6) is -0.224. The minimum atomic E-state index is -0.252. The van der Waals surface area contributed by atoms with E-state index in [4.69, 9.17) is 16.7 Å². The predicted molar refractivity (Wildman–Crippen MR) is 60.2 cm³/mol. The van der Waals surface area contributed by atoms with Gasteiger partial charge in [-0.15, -0.1) is 0 Å². The fourth-order valence-electron chi connectivity index (χ4n) is 1.09. The van der Waals surface area contributed by atoms with Crippen LogP contribution in [0.15, 0.2) is 18.2 Å². The lowest BCUT2D eigenvalue weighted by molar-refractivity contribution is 0.0922. The van der Waals surface area contributed by atoms with Crippen LogP contribution in [0.25, 0.3) is 0 Å². The van der Waals surface area contributed by atoms with Crippen molar-refractivity contribution in [3.8, 4) is 0 Å². The average Bonchev–Trinajstić information content (AvgIpc) is 2.21. The Morgan fingerprint density at radius 2 is 2.27 bits per heavy atom. The van der Waals surface area contributed by atoms with Gasteiger partial charge in [-0.05, 0) is 31.5 Å². The Balaban J connectivity index is 2.78. The van der Waals surface area contributed by atoms with Crippen LogP contribution >= 0.6 is 11.6 Å². The number of carbonyl (C=O) groups excluding carboxylic acids is 1. The van der Waals surface area contributed by atoms with Gasteiger partial charge in [0.25, 0.3) is 5.91 Å². The van der Waals surface area contributed by atoms with Gasteiger partial charge in [-0.2, -0.15) is 0 Å². The zero-order valence-corrected chi connectivity index (χ0v) is 9.51. The average molecular weight is 228 g/mol. The summed E-state index contributed by atoms with van der Waals surface area (Å²) in [7, 11) is 0. The monoisotopic (exact) mass is 227 g/mol. The van der Waals surface area contributed by atoms with Crippen molar-refractivity contribution in [2.24, 2.45) is 0 Å². The molecule has 0 aliphatic heterocycles. The molecule has 15 heavy (non-hydrogen) atoms. The van der Waals surface area contributed by atoms with Gasteiger partial charge in [0.05, 0.1) is 6.61 Å². The van der Waals surface area contributed by atoms with Gasteiger partial charge < -0.3 is 10.4 Å². The zero-order chi connectivity index (χ0) is 11.4. The summed E-state index contributed by atoms with van der Waals surface area (Å²) < 4.78 is 0. The van der Waals surface area contributed by atoms with Crippen molar-refractivity contribution in [2.75, 3.05) is 6.61 Å². The SMILES string of the molecule is Cc1ccc(C(=O)N[C@H](C)CO)cc1Cl. The second-order valence-corrected chi connectivity index (χ2v) is 3.93. The maximum absolute atomic E-state index is 11.6. The maximum atomic E-state index is 11.6. The Labute approximate surface area is 94.1 Å². The lowest BCUT2D eigenvalue weighted by Gasteiger charge is -2.11. The van der Waals surface area contributed by atoms with Gasteiger partial charge in [-0.3, -0.25) is 4.79 Å². The van der Waals surface area contributed by atoms with Crippen LogP contribution in [-0.2, 0) is 0 Å². The lowest BCUT2D eigenvalue weighted by atomic mass is 10.1. The highest BCUT2D eigenvalue weighted by atomic mass is 35.5. The summed E-state index contributed by atoms with van der Waals surface area (Å²) in [6, 6.07) is 4.87. The summed E-state index contributed by atoms with van der Waals surface area (Å²) >= 11 is 5.90. The van der Waals surface area contributed by atoms with Crippen LogP contribution in [0.2, 0.25) is 5.02 Å². The number of aryl methyl sites for hydroxylation is 1. The Morgan fingerprint density at radius 1 is 1.60 bits per heavy atom. The molecule has 1 atom stereocenters. The van der Waals surface area contributed by atoms with E-state index in [1.165, 1.54) is 0 Å². The van der Waals surface area contributed by atoms with Gasteiger partial charge in [-0.25, -0.2) is 0 Å². The minimum Gasteiger partial charge on any atom is -0.394 e. The standard InChI is InChI=1S/C11H14ClNO2/c1-7-3-4-9(5-10(7)12)11(15)13-8(2)6-14/h3-5,8,14H,6H2,1-2H3,(H,13,15)/t8-/m1/s1. The molecular formula is C11H14ClNO2. The first kappa shape index (κ1) is 12.0. The van der Waals surface area contributed by atoms with E-state index in [9.17, 15) is 4.79 Å². The number of aliphatic hydroxyl groups is 1. The van der Waals surface area contributed by atoms with Crippen molar-refractivity contribution in [3.63, 3.8) is 0 Å². The number of hydrogen-bond donors (Lipinski definition) is 2. The number of carbonyl (C=O) groups is 1. The Morgan fingerprint density at radius 3 is 2.80 bits per heavy atom. The smallest absolute Gasteiger partial charge is 0.251 e. The highest BCUT2D eigenvalue weighted by Gasteiger charge is 2.09. The van der Waals surface area contributed by atoms with Gasteiger partial charge in [0.1, 0.15) is 0 Å². The molecule has 1 amide bonds. The molecule has 1 aromatic rings. The van der Waals surface area contributed by atoms with E-state index >= 15 is 0 Å². The number of aliphatic hydroxyl groups excluding tert-OH is 1. The number of nitrogens with one attached hydrogen (secondary N) is 1. The quantitative estimate of drug-likeness (QED) is 0.827. The zero-order valence-electron chi connectivity index (χ0n) is 8.75. The molecule has 0 saturated heterocycles. The summed E-state index contributed by atoms with van der Waals surface area (Å²) in [6.45, 7) is 3.53. The van der Waals surface area contributed by atoms with Gasteiger partial charge >= 0.3 is 0 Å². The first-order valence-corrected chi connectivity index (χ1v) is 5.10. The van der Waals surface area contributed by atoms with E-state index in [1.54, 1.807) is 25.1 Å². The highest BCUT2D eigenvalue weighted by Crippen LogP contribution is 2.16. The third kappa shape index (κ3) is 3.22. The lowest BCUT2D eigenvalue weighted by Crippen LogP contribution is -2.34. The normalized spacial score (nSPS) is 12.3. The Bertz CT molecular complexity index is 366. The van der Waals surface area contributed by atoms with E-state index in [0.717, 1.165) is 5.56 Å². The largest absolute Gasteiger partial charge is 0.394 e. The molecule has 0 radical (unpaired) electrons. The maximum Gasteiger partial charge on any atom is 0.251 e. The number of rotatable bonds is 3. The van der Waals surface area contributed by atoms with Crippen molar-refractivity contribution in [1.29, 1.82) is 0 Å². The molecular weight excluding hydrogens is 214 g/mol. The van der Waals surface area contributed by atoms with E-state index in [-0.39, 0.29) is 18.6 Å². The minimum absolute atomic E-state index is 0.0780. The number of halogens is 1. The van der Waals surface area contributed by atoms with Crippen molar-refractivity contribution in [2.45, 2.75) is 19.9 Å². The first-order valence-electron chi connectivity index (χ1n) is 4.72. The summed E-state index contributed by atoms with van der Waals surface area (Å²) in [4.78, 5) is 11.6. The molecule has 4 heteroatoms. The molecule has 1 rings (SSSR count). The van der Waals surface area contributed by atoms with Crippen molar-refractivity contribution in [1.82, 2.24) is 5.32 Å². The van der Waals surface area contributed by atoms with Crippen LogP contribution in [0, 0.1) is 6.92 Å². The molecule has 0 fully saturated rings. The van der Waals surface area contributed by atoms with Crippen LogP contribution in [0.1, 0.15) is 22.8 Å². The second kappa shape index (κ2) is 5.14. The molecule has 0 aliphatic carbocycles. The second-order valence-electron chi connectivity index (χ2n) is 3.52. The van der Waals surface area contributed by atoms with E-state index in [2.05, 4.69) is 5.32 Å². The first-order chi connectivity index (χ1) is 7.04. The molecule has 0 aliphatic rings. The van der Waals surface area contributed by atoms with Crippen LogP contribution in [0.5, 0.6) is 0 Å². The fourth-order valence-corrected chi connectivity index (χ4v) is 1.27. The topological polar surface area (TPSA) is 49.3 Å². The van der Waals surface area contributed by atoms with Crippen molar-refractivity contribution < 1.29 is 9.90 Å². The van der Waals surface area contributed by atoms with Crippen LogP contribution < -0.4 is 5.32 Å². The molecule has 0 heterocycles. The summed E-state index contributed by atoms with van der Waals surface area (Å²) in [6.07, 6.45) is 0. The molecule has 1 aromatic carbocycles. The Kier molecular flexibility index (Phi) is 4.12. The van der Waals surface area contributed by atoms with Gasteiger partial charge in [-0.1, -0.05) is 17.7 Å². The van der Waals surface area contributed by atoms with Gasteiger partial charge in [0.15, 0.2) is 0 Å². The molecule has 0 saturated carbocycles. The third-order valence-corrected chi connectivity index (χ3v) is 2.49. The van der Waals surface area contributed by atoms with Crippen LogP contribution in [0.3, 0.4) is 0 Å². The number of hydrogen-bond acceptors (Lipinski definition) is 2. The molecule has 82 valence electrons. The van der Waals surface area contributed by atoms with Crippen molar-refractivity contribution >= 4 is 17.5 Å². The number of benzene rings is 1. The fraction of sp³-hybridized carbons (Fsp3) is 0.364. The third-order valence-electron chi connectivity index (χ3n) is 2.09. The molecule has 0 bridgehead atoms. The molecule has 2 N–H and O–H groups in total. The van der Waals surface area contributed by atoms with Crippen LogP contribution in [0.4, 0.5) is 0 Å². The number of amides is 1. The molecule has 3 nitrogen and oxygen atoms in total. The van der Waals surface area contributed by atoms with E-state index in [0.29, 0.717) is 10.6 Å². The van der Waals surface area contributed by atoms with E-state index in [1.807, 2.05) is 6.92 Å². The van der Waals surface area contributed by atoms with Gasteiger partial charge in [0, 0.05) is 16.6 Å². The Hall–Kier alpha value is -1.06. The van der Waals surface area contributed by atoms with Crippen LogP contribution in [-0.4, -0.2) is 23.7 Å². The summed E-state index contributed by atoms with van der Waals surface area (Å²) in [5.41, 5.74) is 1.44. The van der Waals surface area contributed by atoms with E-state index < -0.39 is 0 Å². The highest BCUT2D eigenvalue weighted by molar-refractivity contribution is 6.31. The predicted octanol–water partition coefficient (Wildman–Crippen LogP) is 1.76. The van der Waals surface area contributed by atoms with Crippen molar-refractivity contribution in [3.05, 3.63) is 34.3 Å². The summed E-state index contributed by atoms with van der Waals surface area (Å²) in [5, 5.41) is 12.0. The molecule has 0 spiro atoms.